The van der Waals surface area contributed by atoms with E-state index >= 15 is 0 Å². The first-order valence-electron chi connectivity index (χ1n) is 8.56. The minimum absolute atomic E-state index is 0.00837. The number of aromatic nitrogens is 1. The zero-order chi connectivity index (χ0) is 17.2. The van der Waals surface area contributed by atoms with Crippen molar-refractivity contribution in [3.05, 3.63) is 71.7 Å². The number of hydrogen-bond donors (Lipinski definition) is 1. The Morgan fingerprint density at radius 3 is 2.56 bits per heavy atom. The summed E-state index contributed by atoms with van der Waals surface area (Å²) in [5.41, 5.74) is 2.15. The first-order valence-corrected chi connectivity index (χ1v) is 8.56. The van der Waals surface area contributed by atoms with Crippen LogP contribution >= 0.6 is 0 Å². The van der Waals surface area contributed by atoms with Gasteiger partial charge in [0.25, 0.3) is 5.91 Å². The maximum absolute atomic E-state index is 14.2. The molecule has 3 aromatic rings. The number of benzene rings is 2. The van der Waals surface area contributed by atoms with Gasteiger partial charge in [0.05, 0.1) is 6.54 Å². The molecule has 1 N–H and O–H groups in total. The molecule has 1 saturated heterocycles. The summed E-state index contributed by atoms with van der Waals surface area (Å²) >= 11 is 0. The molecule has 1 aliphatic heterocycles. The Morgan fingerprint density at radius 2 is 1.76 bits per heavy atom. The number of halogens is 1. The Morgan fingerprint density at radius 1 is 1.04 bits per heavy atom. The van der Waals surface area contributed by atoms with Crippen molar-refractivity contribution in [1.82, 2.24) is 14.8 Å². The highest BCUT2D eigenvalue weighted by Gasteiger charge is 2.23. The van der Waals surface area contributed by atoms with Gasteiger partial charge in [-0.3, -0.25) is 4.79 Å². The van der Waals surface area contributed by atoms with E-state index in [4.69, 9.17) is 0 Å². The third kappa shape index (κ3) is 3.03. The van der Waals surface area contributed by atoms with Gasteiger partial charge in [-0.05, 0) is 18.2 Å². The van der Waals surface area contributed by atoms with Crippen LogP contribution in [-0.2, 0) is 6.54 Å². The van der Waals surface area contributed by atoms with Gasteiger partial charge in [-0.2, -0.15) is 0 Å². The van der Waals surface area contributed by atoms with Crippen LogP contribution in [-0.4, -0.2) is 41.6 Å². The lowest BCUT2D eigenvalue weighted by Crippen LogP contribution is -2.46. The second kappa shape index (κ2) is 6.69. The largest absolute Gasteiger partial charge is 0.335 e. The molecule has 2 aromatic carbocycles. The van der Waals surface area contributed by atoms with Gasteiger partial charge in [0.1, 0.15) is 11.5 Å². The third-order valence-electron chi connectivity index (χ3n) is 4.72. The van der Waals surface area contributed by atoms with Crippen LogP contribution in [0.15, 0.2) is 54.6 Å². The van der Waals surface area contributed by atoms with Gasteiger partial charge < -0.3 is 14.8 Å². The minimum Gasteiger partial charge on any atom is -0.335 e. The molecule has 1 fully saturated rings. The van der Waals surface area contributed by atoms with Crippen molar-refractivity contribution in [3.8, 4) is 0 Å². The standard InChI is InChI=1S/C20H20FN3O/c21-17-7-3-1-6-16(17)14-24-18-8-4-2-5-15(18)13-19(24)20(25)23-11-9-22-10-12-23/h1-8,13,22H,9-12,14H2. The highest BCUT2D eigenvalue weighted by atomic mass is 19.1. The summed E-state index contributed by atoms with van der Waals surface area (Å²) in [5.74, 6) is -0.241. The number of para-hydroxylation sites is 1. The first-order chi connectivity index (χ1) is 12.2. The molecular formula is C20H20FN3O. The minimum atomic E-state index is -0.249. The lowest BCUT2D eigenvalue weighted by molar-refractivity contribution is 0.0726. The zero-order valence-corrected chi connectivity index (χ0v) is 13.9. The molecule has 0 radical (unpaired) electrons. The fourth-order valence-electron chi connectivity index (χ4n) is 3.38. The van der Waals surface area contributed by atoms with Crippen LogP contribution in [0.1, 0.15) is 16.1 Å². The summed E-state index contributed by atoms with van der Waals surface area (Å²) in [5, 5.41) is 4.26. The number of amides is 1. The van der Waals surface area contributed by atoms with Crippen LogP contribution in [0.5, 0.6) is 0 Å². The Bertz CT molecular complexity index is 912. The fourth-order valence-corrected chi connectivity index (χ4v) is 3.38. The summed E-state index contributed by atoms with van der Waals surface area (Å²) in [6.45, 7) is 3.34. The topological polar surface area (TPSA) is 37.3 Å². The average Bonchev–Trinajstić information content (AvgIpc) is 3.02. The van der Waals surface area contributed by atoms with Crippen molar-refractivity contribution in [1.29, 1.82) is 0 Å². The van der Waals surface area contributed by atoms with Crippen LogP contribution in [0.4, 0.5) is 4.39 Å². The van der Waals surface area contributed by atoms with E-state index in [-0.39, 0.29) is 11.7 Å². The Hall–Kier alpha value is -2.66. The van der Waals surface area contributed by atoms with Gasteiger partial charge in [-0.15, -0.1) is 0 Å². The number of piperazine rings is 1. The van der Waals surface area contributed by atoms with Crippen LogP contribution in [0.25, 0.3) is 10.9 Å². The van der Waals surface area contributed by atoms with Crippen molar-refractivity contribution in [2.24, 2.45) is 0 Å². The van der Waals surface area contributed by atoms with Crippen LogP contribution in [0.2, 0.25) is 0 Å². The molecule has 5 heteroatoms. The van der Waals surface area contributed by atoms with Crippen LogP contribution in [0, 0.1) is 5.82 Å². The van der Waals surface area contributed by atoms with E-state index in [0.717, 1.165) is 24.0 Å². The molecular weight excluding hydrogens is 317 g/mol. The molecule has 0 atom stereocenters. The molecule has 1 aromatic heterocycles. The number of nitrogens with one attached hydrogen (secondary N) is 1. The molecule has 1 aliphatic rings. The van der Waals surface area contributed by atoms with E-state index in [9.17, 15) is 9.18 Å². The smallest absolute Gasteiger partial charge is 0.270 e. The van der Waals surface area contributed by atoms with Gasteiger partial charge in [-0.1, -0.05) is 36.4 Å². The molecule has 2 heterocycles. The predicted molar refractivity (Wildman–Crippen MR) is 96.2 cm³/mol. The Balaban J connectivity index is 1.78. The van der Waals surface area contributed by atoms with E-state index in [0.29, 0.717) is 30.9 Å². The Labute approximate surface area is 145 Å². The van der Waals surface area contributed by atoms with E-state index < -0.39 is 0 Å². The summed E-state index contributed by atoms with van der Waals surface area (Å²) in [7, 11) is 0. The molecule has 0 unspecified atom stereocenters. The molecule has 0 spiro atoms. The molecule has 0 aliphatic carbocycles. The Kier molecular flexibility index (Phi) is 4.24. The lowest BCUT2D eigenvalue weighted by Gasteiger charge is -2.27. The molecule has 0 bridgehead atoms. The van der Waals surface area contributed by atoms with Gasteiger partial charge in [0.15, 0.2) is 0 Å². The van der Waals surface area contributed by atoms with E-state index in [2.05, 4.69) is 5.32 Å². The highest BCUT2D eigenvalue weighted by molar-refractivity contribution is 5.99. The summed E-state index contributed by atoms with van der Waals surface area (Å²) in [4.78, 5) is 14.9. The number of hydrogen-bond acceptors (Lipinski definition) is 2. The molecule has 1 amide bonds. The highest BCUT2D eigenvalue weighted by Crippen LogP contribution is 2.23. The lowest BCUT2D eigenvalue weighted by atomic mass is 10.2. The monoisotopic (exact) mass is 337 g/mol. The number of carbonyl (C=O) groups is 1. The quantitative estimate of drug-likeness (QED) is 0.798. The second-order valence-corrected chi connectivity index (χ2v) is 6.31. The summed E-state index contributed by atoms with van der Waals surface area (Å²) in [6, 6.07) is 16.5. The molecule has 25 heavy (non-hydrogen) atoms. The van der Waals surface area contributed by atoms with Crippen molar-refractivity contribution in [2.45, 2.75) is 6.54 Å². The van der Waals surface area contributed by atoms with Crippen LogP contribution < -0.4 is 5.32 Å². The molecule has 4 nitrogen and oxygen atoms in total. The summed E-state index contributed by atoms with van der Waals surface area (Å²) in [6.07, 6.45) is 0. The van der Waals surface area contributed by atoms with Gasteiger partial charge in [0.2, 0.25) is 0 Å². The molecule has 0 saturated carbocycles. The normalized spacial score (nSPS) is 14.8. The van der Waals surface area contributed by atoms with Gasteiger partial charge >= 0.3 is 0 Å². The van der Waals surface area contributed by atoms with Crippen LogP contribution in [0.3, 0.4) is 0 Å². The average molecular weight is 337 g/mol. The summed E-state index contributed by atoms with van der Waals surface area (Å²) < 4.78 is 16.1. The SMILES string of the molecule is O=C(c1cc2ccccc2n1Cc1ccccc1F)N1CCNCC1. The third-order valence-corrected chi connectivity index (χ3v) is 4.72. The number of rotatable bonds is 3. The van der Waals surface area contributed by atoms with Crippen molar-refractivity contribution in [2.75, 3.05) is 26.2 Å². The van der Waals surface area contributed by atoms with E-state index in [1.54, 1.807) is 12.1 Å². The van der Waals surface area contributed by atoms with Crippen molar-refractivity contribution >= 4 is 16.8 Å². The number of fused-ring (bicyclic) bond motifs is 1. The first kappa shape index (κ1) is 15.8. The van der Waals surface area contributed by atoms with Gasteiger partial charge in [0, 0.05) is 42.6 Å². The maximum atomic E-state index is 14.2. The maximum Gasteiger partial charge on any atom is 0.270 e. The van der Waals surface area contributed by atoms with E-state index in [1.165, 1.54) is 6.07 Å². The fraction of sp³-hybridized carbons (Fsp3) is 0.250. The number of carbonyl (C=O) groups excluding carboxylic acids is 1. The molecule has 4 rings (SSSR count). The second-order valence-electron chi connectivity index (χ2n) is 6.31. The van der Waals surface area contributed by atoms with E-state index in [1.807, 2.05) is 45.9 Å². The number of nitrogens with zero attached hydrogens (tertiary/aromatic N) is 2. The van der Waals surface area contributed by atoms with Crippen molar-refractivity contribution in [3.63, 3.8) is 0 Å². The predicted octanol–water partition coefficient (Wildman–Crippen LogP) is 2.87. The zero-order valence-electron chi connectivity index (χ0n) is 13.9. The molecule has 128 valence electrons. The van der Waals surface area contributed by atoms with Crippen molar-refractivity contribution < 1.29 is 9.18 Å². The van der Waals surface area contributed by atoms with Gasteiger partial charge in [-0.25, -0.2) is 4.39 Å².